The fraction of sp³-hybridized carbons (Fsp3) is 0.226. The molecule has 0 unspecified atom stereocenters. The van der Waals surface area contributed by atoms with Crippen LogP contribution in [0.5, 0.6) is 5.75 Å². The SMILES string of the molecule is Cc1nc2c(OCc3c(Cl)ccc(N(C)C(=O)CNC(=O)/C=C/c4ccc(N5CCCC5=O)cc4)c3Cl)cccn2c1Br. The number of imidazole rings is 1. The Labute approximate surface area is 267 Å². The summed E-state index contributed by atoms with van der Waals surface area (Å²) in [6.45, 7) is 2.42. The van der Waals surface area contributed by atoms with Gasteiger partial charge in [0.2, 0.25) is 17.7 Å². The van der Waals surface area contributed by atoms with Gasteiger partial charge in [-0.25, -0.2) is 4.98 Å². The lowest BCUT2D eigenvalue weighted by atomic mass is 10.2. The number of anilines is 2. The standard InChI is InChI=1S/C31H28BrCl2N5O4/c1-19-30(32)39-16-3-5-25(31(39)36-19)43-18-22-23(33)12-13-24(29(22)34)37(2)28(42)17-35-26(40)14-9-20-7-10-21(11-8-20)38-15-4-6-27(38)41/h3,5,7-14,16H,4,6,15,17-18H2,1-2H3,(H,35,40)/b14-9+. The number of nitrogens with one attached hydrogen (secondary N) is 1. The topological polar surface area (TPSA) is 96.2 Å². The van der Waals surface area contributed by atoms with Crippen LogP contribution in [0.3, 0.4) is 0 Å². The van der Waals surface area contributed by atoms with E-state index in [4.69, 9.17) is 27.9 Å². The number of likely N-dealkylation sites (N-methyl/N-ethyl adjacent to an activating group) is 1. The van der Waals surface area contributed by atoms with Gasteiger partial charge in [0.25, 0.3) is 0 Å². The van der Waals surface area contributed by atoms with Gasteiger partial charge in [-0.05, 0) is 77.3 Å². The van der Waals surface area contributed by atoms with Crippen molar-refractivity contribution in [3.05, 3.63) is 92.3 Å². The second-order valence-electron chi connectivity index (χ2n) is 9.95. The summed E-state index contributed by atoms with van der Waals surface area (Å²) in [4.78, 5) is 44.9. The molecule has 0 atom stereocenters. The molecule has 0 spiro atoms. The van der Waals surface area contributed by atoms with E-state index >= 15 is 0 Å². The Balaban J connectivity index is 1.19. The third kappa shape index (κ3) is 6.71. The lowest BCUT2D eigenvalue weighted by Gasteiger charge is -2.21. The lowest BCUT2D eigenvalue weighted by Crippen LogP contribution is -2.37. The zero-order valence-electron chi connectivity index (χ0n) is 23.4. The summed E-state index contributed by atoms with van der Waals surface area (Å²) in [6, 6.07) is 14.3. The van der Waals surface area contributed by atoms with Crippen LogP contribution in [0.1, 0.15) is 29.7 Å². The highest BCUT2D eigenvalue weighted by atomic mass is 79.9. The highest BCUT2D eigenvalue weighted by Crippen LogP contribution is 2.35. The molecule has 12 heteroatoms. The first-order chi connectivity index (χ1) is 20.6. The van der Waals surface area contributed by atoms with Crippen LogP contribution in [0, 0.1) is 6.92 Å². The number of halogens is 3. The van der Waals surface area contributed by atoms with Crippen LogP contribution in [0.15, 0.2) is 65.4 Å². The summed E-state index contributed by atoms with van der Waals surface area (Å²) < 4.78 is 8.75. The summed E-state index contributed by atoms with van der Waals surface area (Å²) in [5, 5.41) is 3.26. The van der Waals surface area contributed by atoms with Crippen molar-refractivity contribution in [3.8, 4) is 5.75 Å². The molecule has 5 rings (SSSR count). The number of nitrogens with zero attached hydrogens (tertiary/aromatic N) is 4. The van der Waals surface area contributed by atoms with Crippen molar-refractivity contribution < 1.29 is 19.1 Å². The van der Waals surface area contributed by atoms with Crippen molar-refractivity contribution in [2.24, 2.45) is 0 Å². The number of ether oxygens (including phenoxy) is 1. The molecule has 1 fully saturated rings. The molecular formula is C31H28BrCl2N5O4. The van der Waals surface area contributed by atoms with Crippen molar-refractivity contribution >= 4 is 80.0 Å². The second-order valence-corrected chi connectivity index (χ2v) is 11.5. The Hall–Kier alpha value is -3.86. The number of amides is 3. The van der Waals surface area contributed by atoms with Gasteiger partial charge in [-0.15, -0.1) is 0 Å². The quantitative estimate of drug-likeness (QED) is 0.212. The van der Waals surface area contributed by atoms with Crippen LogP contribution in [-0.2, 0) is 21.0 Å². The van der Waals surface area contributed by atoms with Crippen molar-refractivity contribution in [2.45, 2.75) is 26.4 Å². The van der Waals surface area contributed by atoms with Crippen molar-refractivity contribution in [1.29, 1.82) is 0 Å². The molecule has 0 bridgehead atoms. The molecule has 1 aliphatic rings. The predicted molar refractivity (Wildman–Crippen MR) is 172 cm³/mol. The lowest BCUT2D eigenvalue weighted by molar-refractivity contribution is -0.122. The van der Waals surface area contributed by atoms with E-state index in [-0.39, 0.29) is 30.0 Å². The molecule has 9 nitrogen and oxygen atoms in total. The first kappa shape index (κ1) is 30.6. The number of fused-ring (bicyclic) bond motifs is 1. The third-order valence-electron chi connectivity index (χ3n) is 7.11. The van der Waals surface area contributed by atoms with E-state index in [9.17, 15) is 14.4 Å². The number of aryl methyl sites for hydroxylation is 1. The molecule has 4 aromatic rings. The minimum Gasteiger partial charge on any atom is -0.485 e. The molecule has 3 amide bonds. The van der Waals surface area contributed by atoms with E-state index < -0.39 is 5.91 Å². The van der Waals surface area contributed by atoms with Gasteiger partial charge in [-0.3, -0.25) is 18.8 Å². The maximum atomic E-state index is 12.9. The summed E-state index contributed by atoms with van der Waals surface area (Å²) in [7, 11) is 1.57. The number of benzene rings is 2. The van der Waals surface area contributed by atoms with Crippen LogP contribution < -0.4 is 19.9 Å². The van der Waals surface area contributed by atoms with Crippen LogP contribution in [0.4, 0.5) is 11.4 Å². The molecule has 222 valence electrons. The monoisotopic (exact) mass is 683 g/mol. The van der Waals surface area contributed by atoms with E-state index in [2.05, 4.69) is 26.2 Å². The van der Waals surface area contributed by atoms with Gasteiger partial charge < -0.3 is 19.9 Å². The van der Waals surface area contributed by atoms with E-state index in [0.29, 0.717) is 34.1 Å². The van der Waals surface area contributed by atoms with E-state index in [1.807, 2.05) is 47.9 Å². The Morgan fingerprint density at radius 2 is 1.93 bits per heavy atom. The van der Waals surface area contributed by atoms with Gasteiger partial charge in [0.05, 0.1) is 22.9 Å². The molecule has 2 aromatic carbocycles. The second kappa shape index (κ2) is 13.2. The molecule has 43 heavy (non-hydrogen) atoms. The Morgan fingerprint density at radius 3 is 2.65 bits per heavy atom. The summed E-state index contributed by atoms with van der Waals surface area (Å²) in [6.07, 6.45) is 6.30. The number of carbonyl (C=O) groups is 3. The fourth-order valence-electron chi connectivity index (χ4n) is 4.70. The highest BCUT2D eigenvalue weighted by molar-refractivity contribution is 9.10. The maximum absolute atomic E-state index is 12.9. The first-order valence-corrected chi connectivity index (χ1v) is 15.0. The van der Waals surface area contributed by atoms with Gasteiger partial charge in [0, 0.05) is 48.6 Å². The minimum atomic E-state index is -0.424. The summed E-state index contributed by atoms with van der Waals surface area (Å²) in [5.74, 6) is -0.132. The van der Waals surface area contributed by atoms with Crippen molar-refractivity contribution in [3.63, 3.8) is 0 Å². The summed E-state index contributed by atoms with van der Waals surface area (Å²) in [5.41, 5.74) is 4.03. The highest BCUT2D eigenvalue weighted by Gasteiger charge is 2.22. The normalized spacial score (nSPS) is 13.2. The average Bonchev–Trinajstić information content (AvgIpc) is 3.56. The van der Waals surface area contributed by atoms with Gasteiger partial charge in [-0.2, -0.15) is 0 Å². The van der Waals surface area contributed by atoms with E-state index in [0.717, 1.165) is 34.5 Å². The van der Waals surface area contributed by atoms with Crippen LogP contribution >= 0.6 is 39.1 Å². The zero-order valence-corrected chi connectivity index (χ0v) is 26.5. The molecule has 1 saturated heterocycles. The van der Waals surface area contributed by atoms with E-state index in [1.54, 1.807) is 36.2 Å². The molecule has 3 heterocycles. The fourth-order valence-corrected chi connectivity index (χ4v) is 5.68. The molecule has 1 N–H and O–H groups in total. The molecule has 0 aliphatic carbocycles. The maximum Gasteiger partial charge on any atom is 0.246 e. The Kier molecular flexibility index (Phi) is 9.39. The van der Waals surface area contributed by atoms with Gasteiger partial charge in [-0.1, -0.05) is 35.3 Å². The predicted octanol–water partition coefficient (Wildman–Crippen LogP) is 6.21. The van der Waals surface area contributed by atoms with Gasteiger partial charge in [0.15, 0.2) is 11.4 Å². The van der Waals surface area contributed by atoms with Crippen LogP contribution in [0.25, 0.3) is 11.7 Å². The minimum absolute atomic E-state index is 0.0492. The number of aromatic nitrogens is 2. The van der Waals surface area contributed by atoms with Crippen molar-refractivity contribution in [1.82, 2.24) is 14.7 Å². The Bertz CT molecular complexity index is 1740. The number of pyridine rings is 1. The molecular weight excluding hydrogens is 657 g/mol. The van der Waals surface area contributed by atoms with Crippen LogP contribution in [0.2, 0.25) is 10.0 Å². The number of hydrogen-bond donors (Lipinski definition) is 1. The molecule has 0 radical (unpaired) electrons. The summed E-state index contributed by atoms with van der Waals surface area (Å²) >= 11 is 16.7. The molecule has 0 saturated carbocycles. The Morgan fingerprint density at radius 1 is 1.16 bits per heavy atom. The van der Waals surface area contributed by atoms with E-state index in [1.165, 1.54) is 11.0 Å². The average molecular weight is 685 g/mol. The largest absolute Gasteiger partial charge is 0.485 e. The zero-order chi connectivity index (χ0) is 30.7. The molecule has 2 aromatic heterocycles. The van der Waals surface area contributed by atoms with Gasteiger partial charge >= 0.3 is 0 Å². The smallest absolute Gasteiger partial charge is 0.246 e. The van der Waals surface area contributed by atoms with Crippen LogP contribution in [-0.4, -0.2) is 47.2 Å². The number of hydrogen-bond acceptors (Lipinski definition) is 5. The third-order valence-corrected chi connectivity index (χ3v) is 8.84. The first-order valence-electron chi connectivity index (χ1n) is 13.5. The number of carbonyl (C=O) groups excluding carboxylic acids is 3. The number of rotatable bonds is 9. The molecule has 1 aliphatic heterocycles. The van der Waals surface area contributed by atoms with Crippen molar-refractivity contribution in [2.75, 3.05) is 29.9 Å². The van der Waals surface area contributed by atoms with Gasteiger partial charge in [0.1, 0.15) is 11.2 Å².